The van der Waals surface area contributed by atoms with E-state index in [9.17, 15) is 18.0 Å². The van der Waals surface area contributed by atoms with Crippen LogP contribution in [0.5, 0.6) is 0 Å². The summed E-state index contributed by atoms with van der Waals surface area (Å²) in [6.07, 6.45) is 2.23. The molecule has 1 aliphatic carbocycles. The van der Waals surface area contributed by atoms with Crippen molar-refractivity contribution < 1.29 is 18.0 Å². The highest BCUT2D eigenvalue weighted by Gasteiger charge is 2.79. The summed E-state index contributed by atoms with van der Waals surface area (Å²) in [7, 11) is 0.362. The number of rotatable bonds is 3. The summed E-state index contributed by atoms with van der Waals surface area (Å²) in [5.41, 5.74) is 3.62. The first-order chi connectivity index (χ1) is 19.2. The molecule has 1 spiro atoms. The maximum atomic E-state index is 14.6. The van der Waals surface area contributed by atoms with Crippen molar-refractivity contribution in [3.05, 3.63) is 102 Å². The summed E-state index contributed by atoms with van der Waals surface area (Å²) in [5, 5.41) is 0. The molecule has 0 aromatic heterocycles. The van der Waals surface area contributed by atoms with Crippen LogP contribution >= 0.6 is 21.6 Å². The molecule has 40 heavy (non-hydrogen) atoms. The van der Waals surface area contributed by atoms with E-state index in [2.05, 4.69) is 18.2 Å². The van der Waals surface area contributed by atoms with Crippen LogP contribution in [0.3, 0.4) is 0 Å². The lowest BCUT2D eigenvalue weighted by atomic mass is 9.70. The molecule has 3 aromatic rings. The third-order valence-corrected chi connectivity index (χ3v) is 14.8. The second kappa shape index (κ2) is 7.74. The van der Waals surface area contributed by atoms with Crippen molar-refractivity contribution in [2.75, 3.05) is 11.4 Å². The van der Waals surface area contributed by atoms with Gasteiger partial charge in [-0.25, -0.2) is 12.7 Å². The molecule has 7 nitrogen and oxygen atoms in total. The van der Waals surface area contributed by atoms with Crippen molar-refractivity contribution in [3.8, 4) is 0 Å². The molecule has 10 heteroatoms. The molecular formula is C30H25N3O4S3. The molecule has 0 N–H and O–H groups in total. The number of piperazine rings is 1. The van der Waals surface area contributed by atoms with Gasteiger partial charge in [0.2, 0.25) is 0 Å². The van der Waals surface area contributed by atoms with Crippen molar-refractivity contribution >= 4 is 54.7 Å². The Morgan fingerprint density at radius 1 is 0.875 bits per heavy atom. The first-order valence-electron chi connectivity index (χ1n) is 13.1. The molecule has 202 valence electrons. The average Bonchev–Trinajstić information content (AvgIpc) is 3.61. The second-order valence-electron chi connectivity index (χ2n) is 11.1. The molecule has 6 aliphatic rings. The third-order valence-electron chi connectivity index (χ3n) is 9.29. The molecule has 4 unspecified atom stereocenters. The molecule has 4 atom stereocenters. The van der Waals surface area contributed by atoms with Crippen LogP contribution in [-0.2, 0) is 31.4 Å². The lowest BCUT2D eigenvalue weighted by Gasteiger charge is -2.58. The minimum absolute atomic E-state index is 0.147. The number of para-hydroxylation sites is 1. The highest BCUT2D eigenvalue weighted by molar-refractivity contribution is 8.78. The third kappa shape index (κ3) is 2.63. The van der Waals surface area contributed by atoms with Crippen molar-refractivity contribution in [3.63, 3.8) is 0 Å². The van der Waals surface area contributed by atoms with Crippen LogP contribution in [0, 0.1) is 0 Å². The van der Waals surface area contributed by atoms with E-state index in [1.165, 1.54) is 25.9 Å². The molecule has 2 bridgehead atoms. The zero-order valence-corrected chi connectivity index (χ0v) is 24.2. The van der Waals surface area contributed by atoms with Gasteiger partial charge in [0.05, 0.1) is 16.0 Å². The second-order valence-corrected chi connectivity index (χ2v) is 15.7. The number of fused-ring (bicyclic) bond motifs is 6. The zero-order valence-electron chi connectivity index (χ0n) is 21.8. The molecule has 5 heterocycles. The van der Waals surface area contributed by atoms with Crippen LogP contribution in [-0.4, -0.2) is 53.0 Å². The summed E-state index contributed by atoms with van der Waals surface area (Å²) < 4.78 is 30.7. The molecule has 5 aliphatic heterocycles. The van der Waals surface area contributed by atoms with E-state index in [0.717, 1.165) is 22.3 Å². The molecule has 0 saturated carbocycles. The van der Waals surface area contributed by atoms with E-state index < -0.39 is 31.3 Å². The Morgan fingerprint density at radius 3 is 2.38 bits per heavy atom. The van der Waals surface area contributed by atoms with E-state index in [1.807, 2.05) is 36.4 Å². The fourth-order valence-corrected chi connectivity index (χ4v) is 12.5. The Balaban J connectivity index is 1.47. The van der Waals surface area contributed by atoms with Crippen molar-refractivity contribution in [2.45, 2.75) is 46.0 Å². The lowest BCUT2D eigenvalue weighted by molar-refractivity contribution is -0.163. The lowest BCUT2D eigenvalue weighted by Crippen LogP contribution is -2.76. The Hall–Kier alpha value is -3.21. The van der Waals surface area contributed by atoms with Crippen LogP contribution in [0.2, 0.25) is 0 Å². The van der Waals surface area contributed by atoms with Gasteiger partial charge in [0, 0.05) is 13.5 Å². The normalized spacial score (nSPS) is 31.7. The number of carbonyl (C=O) groups is 2. The average molecular weight is 588 g/mol. The van der Waals surface area contributed by atoms with Gasteiger partial charge in [0.25, 0.3) is 21.8 Å². The summed E-state index contributed by atoms with van der Waals surface area (Å²) in [6.45, 7) is 1.76. The number of benzene rings is 3. The first-order valence-corrected chi connectivity index (χ1v) is 16.7. The summed E-state index contributed by atoms with van der Waals surface area (Å²) in [5.74, 6) is -0.397. The number of nitrogens with zero attached hydrogens (tertiary/aromatic N) is 3. The predicted molar refractivity (Wildman–Crippen MR) is 157 cm³/mol. The van der Waals surface area contributed by atoms with Gasteiger partial charge >= 0.3 is 0 Å². The van der Waals surface area contributed by atoms with Gasteiger partial charge in [-0.2, -0.15) is 0 Å². The molecule has 3 aromatic carbocycles. The SMILES string of the molecule is CN1C(=O)C23CC4(C5=CCc6ccccc65)c5ccccc5N(S(=O)(=O)c5ccccc5)C4N2C(=O)C1(C)SS3. The molecule has 2 amide bonds. The number of carbonyl (C=O) groups excluding carboxylic acids is 2. The number of hydrogen-bond acceptors (Lipinski definition) is 6. The van der Waals surface area contributed by atoms with Gasteiger partial charge in [0.15, 0.2) is 9.74 Å². The highest BCUT2D eigenvalue weighted by atomic mass is 33.1. The Bertz CT molecular complexity index is 1790. The first kappa shape index (κ1) is 24.6. The predicted octanol–water partition coefficient (Wildman–Crippen LogP) is 4.61. The Labute approximate surface area is 240 Å². The van der Waals surface area contributed by atoms with E-state index in [0.29, 0.717) is 12.1 Å². The number of amides is 2. The fraction of sp³-hybridized carbons (Fsp3) is 0.267. The van der Waals surface area contributed by atoms with Gasteiger partial charge in [-0.3, -0.25) is 14.5 Å². The van der Waals surface area contributed by atoms with Gasteiger partial charge < -0.3 is 4.90 Å². The van der Waals surface area contributed by atoms with Crippen LogP contribution in [0.1, 0.15) is 30.0 Å². The van der Waals surface area contributed by atoms with Crippen molar-refractivity contribution in [2.24, 2.45) is 0 Å². The Kier molecular flexibility index (Phi) is 4.76. The summed E-state index contributed by atoms with van der Waals surface area (Å²) in [4.78, 5) is 29.7. The highest BCUT2D eigenvalue weighted by Crippen LogP contribution is 2.72. The molecular weight excluding hydrogens is 563 g/mol. The Morgan fingerprint density at radius 2 is 1.57 bits per heavy atom. The monoisotopic (exact) mass is 587 g/mol. The fourth-order valence-electron chi connectivity index (χ4n) is 7.36. The standard InChI is InChI=1S/C30H25N3O4S3/c1-28-26(34)32-25-29(18-30(32,39-38-28)27(35)31(28)2,22-17-16-19-10-6-7-13-21(19)22)23-14-8-9-15-24(23)33(25)40(36,37)20-11-4-3-5-12-20/h3-15,17,25H,16,18H2,1-2H3. The summed E-state index contributed by atoms with van der Waals surface area (Å²) in [6, 6.07) is 24.1. The van der Waals surface area contributed by atoms with Crippen molar-refractivity contribution in [1.82, 2.24) is 9.80 Å². The van der Waals surface area contributed by atoms with Gasteiger partial charge in [-0.15, -0.1) is 0 Å². The largest absolute Gasteiger partial charge is 0.319 e. The van der Waals surface area contributed by atoms with Crippen LogP contribution in [0.25, 0.3) is 5.57 Å². The minimum Gasteiger partial charge on any atom is -0.319 e. The van der Waals surface area contributed by atoms with Gasteiger partial charge in [-0.05, 0) is 53.8 Å². The van der Waals surface area contributed by atoms with E-state index in [1.54, 1.807) is 54.1 Å². The quantitative estimate of drug-likeness (QED) is 0.417. The topological polar surface area (TPSA) is 78.0 Å². The van der Waals surface area contributed by atoms with Crippen LogP contribution < -0.4 is 4.31 Å². The zero-order chi connectivity index (χ0) is 27.7. The number of hydrogen-bond donors (Lipinski definition) is 0. The van der Waals surface area contributed by atoms with Crippen LogP contribution in [0.15, 0.2) is 89.8 Å². The van der Waals surface area contributed by atoms with E-state index >= 15 is 0 Å². The molecule has 4 saturated heterocycles. The van der Waals surface area contributed by atoms with Crippen molar-refractivity contribution in [1.29, 1.82) is 0 Å². The summed E-state index contributed by atoms with van der Waals surface area (Å²) >= 11 is 0. The number of likely N-dealkylation sites (N-methyl/N-ethyl adjacent to an activating group) is 1. The molecule has 4 fully saturated rings. The minimum atomic E-state index is -4.13. The van der Waals surface area contributed by atoms with E-state index in [-0.39, 0.29) is 23.1 Å². The number of sulfonamides is 1. The van der Waals surface area contributed by atoms with Crippen LogP contribution in [0.4, 0.5) is 5.69 Å². The van der Waals surface area contributed by atoms with Gasteiger partial charge in [0.1, 0.15) is 6.17 Å². The maximum absolute atomic E-state index is 14.6. The number of anilines is 1. The van der Waals surface area contributed by atoms with E-state index in [4.69, 9.17) is 0 Å². The molecule has 0 radical (unpaired) electrons. The maximum Gasteiger partial charge on any atom is 0.266 e. The molecule has 9 rings (SSSR count). The van der Waals surface area contributed by atoms with Gasteiger partial charge in [-0.1, -0.05) is 88.3 Å². The smallest absolute Gasteiger partial charge is 0.266 e. The number of allylic oxidation sites excluding steroid dienone is 1.